The number of carbonyl (C=O) groups is 1. The molecule has 0 aliphatic carbocycles. The molecule has 2 aromatic carbocycles. The van der Waals surface area contributed by atoms with E-state index in [1.165, 1.54) is 18.3 Å². The molecule has 0 saturated heterocycles. The van der Waals surface area contributed by atoms with Crippen LogP contribution in [-0.2, 0) is 16.4 Å². The molecule has 1 atom stereocenters. The van der Waals surface area contributed by atoms with E-state index in [2.05, 4.69) is 16.6 Å². The van der Waals surface area contributed by atoms with Crippen molar-refractivity contribution in [1.82, 2.24) is 9.29 Å². The molecule has 2 N–H and O–H groups in total. The van der Waals surface area contributed by atoms with Crippen molar-refractivity contribution in [3.63, 3.8) is 0 Å². The highest BCUT2D eigenvalue weighted by Crippen LogP contribution is 2.23. The van der Waals surface area contributed by atoms with Gasteiger partial charge in [-0.2, -0.15) is 0 Å². The molecule has 30 heavy (non-hydrogen) atoms. The van der Waals surface area contributed by atoms with Gasteiger partial charge in [-0.05, 0) is 56.2 Å². The summed E-state index contributed by atoms with van der Waals surface area (Å²) in [5.74, 6) is 6.02. The predicted molar refractivity (Wildman–Crippen MR) is 114 cm³/mol. The van der Waals surface area contributed by atoms with Gasteiger partial charge in [0.15, 0.2) is 0 Å². The quantitative estimate of drug-likeness (QED) is 0.564. The SMILES string of the molecule is CC#CCOc1ccc(S(=O)(=O)N[C@H](C)Cc2cn(C(=O)O)c3ccccc23)cc1. The van der Waals surface area contributed by atoms with E-state index in [1.54, 1.807) is 38.1 Å². The summed E-state index contributed by atoms with van der Waals surface area (Å²) in [5.41, 5.74) is 1.32. The molecule has 3 aromatic rings. The van der Waals surface area contributed by atoms with Crippen LogP contribution < -0.4 is 9.46 Å². The van der Waals surface area contributed by atoms with Crippen LogP contribution in [0.25, 0.3) is 10.9 Å². The minimum absolute atomic E-state index is 0.122. The molecular formula is C22H22N2O5S. The molecule has 8 heteroatoms. The summed E-state index contributed by atoms with van der Waals surface area (Å²) in [6, 6.07) is 12.8. The fourth-order valence-corrected chi connectivity index (χ4v) is 4.43. The van der Waals surface area contributed by atoms with Crippen molar-refractivity contribution in [3.8, 4) is 17.6 Å². The van der Waals surface area contributed by atoms with Crippen molar-refractivity contribution in [2.45, 2.75) is 31.2 Å². The Morgan fingerprint density at radius 2 is 1.90 bits per heavy atom. The van der Waals surface area contributed by atoms with Gasteiger partial charge in [-0.3, -0.25) is 4.57 Å². The average Bonchev–Trinajstić information content (AvgIpc) is 3.07. The lowest BCUT2D eigenvalue weighted by Crippen LogP contribution is -2.34. The Bertz CT molecular complexity index is 1220. The van der Waals surface area contributed by atoms with E-state index >= 15 is 0 Å². The highest BCUT2D eigenvalue weighted by atomic mass is 32.2. The zero-order valence-corrected chi connectivity index (χ0v) is 17.4. The lowest BCUT2D eigenvalue weighted by atomic mass is 10.1. The van der Waals surface area contributed by atoms with Crippen molar-refractivity contribution >= 4 is 27.0 Å². The second kappa shape index (κ2) is 9.03. The zero-order chi connectivity index (χ0) is 21.7. The van der Waals surface area contributed by atoms with E-state index in [4.69, 9.17) is 4.74 Å². The summed E-state index contributed by atoms with van der Waals surface area (Å²) in [6.07, 6.45) is 0.790. The maximum Gasteiger partial charge on any atom is 0.416 e. The normalized spacial score (nSPS) is 12.2. The Morgan fingerprint density at radius 1 is 1.20 bits per heavy atom. The van der Waals surface area contributed by atoms with E-state index < -0.39 is 22.2 Å². The number of aromatic nitrogens is 1. The van der Waals surface area contributed by atoms with Crippen molar-refractivity contribution < 1.29 is 23.1 Å². The molecule has 0 saturated carbocycles. The number of hydrogen-bond donors (Lipinski definition) is 2. The smallest absolute Gasteiger partial charge is 0.416 e. The van der Waals surface area contributed by atoms with Crippen LogP contribution in [0.2, 0.25) is 0 Å². The van der Waals surface area contributed by atoms with Gasteiger partial charge >= 0.3 is 6.09 Å². The number of rotatable bonds is 7. The van der Waals surface area contributed by atoms with Crippen molar-refractivity contribution in [3.05, 3.63) is 60.3 Å². The monoisotopic (exact) mass is 426 g/mol. The number of ether oxygens (including phenoxy) is 1. The number of nitrogens with one attached hydrogen (secondary N) is 1. The highest BCUT2D eigenvalue weighted by molar-refractivity contribution is 7.89. The maximum absolute atomic E-state index is 12.7. The van der Waals surface area contributed by atoms with Crippen LogP contribution in [0.1, 0.15) is 19.4 Å². The Balaban J connectivity index is 1.74. The van der Waals surface area contributed by atoms with Gasteiger partial charge in [0, 0.05) is 17.6 Å². The first-order valence-electron chi connectivity index (χ1n) is 9.29. The third-order valence-electron chi connectivity index (χ3n) is 4.50. The molecule has 0 unspecified atom stereocenters. The van der Waals surface area contributed by atoms with Crippen molar-refractivity contribution in [2.24, 2.45) is 0 Å². The minimum atomic E-state index is -3.74. The van der Waals surface area contributed by atoms with E-state index in [0.717, 1.165) is 15.5 Å². The highest BCUT2D eigenvalue weighted by Gasteiger charge is 2.20. The Hall–Kier alpha value is -3.28. The molecule has 0 radical (unpaired) electrons. The molecule has 0 amide bonds. The van der Waals surface area contributed by atoms with Gasteiger partial charge in [0.05, 0.1) is 10.4 Å². The van der Waals surface area contributed by atoms with Gasteiger partial charge < -0.3 is 9.84 Å². The van der Waals surface area contributed by atoms with E-state index in [9.17, 15) is 18.3 Å². The fourth-order valence-electron chi connectivity index (χ4n) is 3.18. The summed E-state index contributed by atoms with van der Waals surface area (Å²) < 4.78 is 34.6. The third kappa shape index (κ3) is 4.82. The standard InChI is InChI=1S/C22H22N2O5S/c1-3-4-13-29-18-9-11-19(12-10-18)30(27,28)23-16(2)14-17-15-24(22(25)26)21-8-6-5-7-20(17)21/h5-12,15-16,23H,13-14H2,1-2H3,(H,25,26)/t16-/m1/s1. The predicted octanol–water partition coefficient (Wildman–Crippen LogP) is 3.48. The maximum atomic E-state index is 12.7. The van der Waals surface area contributed by atoms with Crippen LogP contribution in [0.5, 0.6) is 5.75 Å². The summed E-state index contributed by atoms with van der Waals surface area (Å²) in [6.45, 7) is 3.69. The third-order valence-corrected chi connectivity index (χ3v) is 6.11. The second-order valence-corrected chi connectivity index (χ2v) is 8.45. The molecule has 0 spiro atoms. The fraction of sp³-hybridized carbons (Fsp3) is 0.227. The first kappa shape index (κ1) is 21.4. The molecule has 0 fully saturated rings. The minimum Gasteiger partial charge on any atom is -0.481 e. The largest absolute Gasteiger partial charge is 0.481 e. The van der Waals surface area contributed by atoms with E-state index in [0.29, 0.717) is 17.7 Å². The summed E-state index contributed by atoms with van der Waals surface area (Å²) >= 11 is 0. The molecule has 3 rings (SSSR count). The number of sulfonamides is 1. The summed E-state index contributed by atoms with van der Waals surface area (Å²) in [5, 5.41) is 10.2. The van der Waals surface area contributed by atoms with Crippen molar-refractivity contribution in [1.29, 1.82) is 0 Å². The lowest BCUT2D eigenvalue weighted by Gasteiger charge is -2.14. The van der Waals surface area contributed by atoms with E-state index in [-0.39, 0.29) is 11.5 Å². The van der Waals surface area contributed by atoms with E-state index in [1.807, 2.05) is 12.1 Å². The first-order chi connectivity index (χ1) is 14.3. The number of benzene rings is 2. The molecule has 0 aliphatic heterocycles. The van der Waals surface area contributed by atoms with Gasteiger partial charge in [-0.15, -0.1) is 5.92 Å². The molecule has 156 valence electrons. The molecule has 7 nitrogen and oxygen atoms in total. The molecule has 1 aromatic heterocycles. The molecule has 0 aliphatic rings. The van der Waals surface area contributed by atoms with Crippen LogP contribution in [0.3, 0.4) is 0 Å². The van der Waals surface area contributed by atoms with Gasteiger partial charge in [-0.1, -0.05) is 24.1 Å². The van der Waals surface area contributed by atoms with Crippen LogP contribution in [0, 0.1) is 11.8 Å². The second-order valence-electron chi connectivity index (χ2n) is 6.74. The lowest BCUT2D eigenvalue weighted by molar-refractivity contribution is 0.197. The van der Waals surface area contributed by atoms with Crippen LogP contribution >= 0.6 is 0 Å². The van der Waals surface area contributed by atoms with Gasteiger partial charge in [0.2, 0.25) is 10.0 Å². The first-order valence-corrected chi connectivity index (χ1v) is 10.8. The van der Waals surface area contributed by atoms with Gasteiger partial charge in [0.1, 0.15) is 12.4 Å². The van der Waals surface area contributed by atoms with Crippen LogP contribution in [-0.4, -0.2) is 36.8 Å². The Kier molecular flexibility index (Phi) is 6.45. The van der Waals surface area contributed by atoms with Crippen LogP contribution in [0.15, 0.2) is 59.6 Å². The van der Waals surface area contributed by atoms with Gasteiger partial charge in [0.25, 0.3) is 0 Å². The number of fused-ring (bicyclic) bond motifs is 1. The number of carboxylic acid groups (broad SMARTS) is 1. The topological polar surface area (TPSA) is 97.6 Å². The van der Waals surface area contributed by atoms with Crippen LogP contribution in [0.4, 0.5) is 4.79 Å². The van der Waals surface area contributed by atoms with Gasteiger partial charge in [-0.25, -0.2) is 17.9 Å². The molecule has 1 heterocycles. The molecule has 0 bridgehead atoms. The Morgan fingerprint density at radius 3 is 2.57 bits per heavy atom. The zero-order valence-electron chi connectivity index (χ0n) is 16.6. The Labute approximate surface area is 175 Å². The number of hydrogen-bond acceptors (Lipinski definition) is 4. The van der Waals surface area contributed by atoms with Crippen molar-refractivity contribution in [2.75, 3.05) is 6.61 Å². The summed E-state index contributed by atoms with van der Waals surface area (Å²) in [7, 11) is -3.74. The molecular weight excluding hydrogens is 404 g/mol. The average molecular weight is 426 g/mol. The number of para-hydroxylation sites is 1. The number of nitrogens with zero attached hydrogens (tertiary/aromatic N) is 1. The summed E-state index contributed by atoms with van der Waals surface area (Å²) in [4.78, 5) is 11.6.